The summed E-state index contributed by atoms with van der Waals surface area (Å²) < 4.78 is 12.9. The monoisotopic (exact) mass is 198 g/mol. The summed E-state index contributed by atoms with van der Waals surface area (Å²) in [6.07, 6.45) is 0. The fourth-order valence-corrected chi connectivity index (χ4v) is 1.04. The van der Waals surface area contributed by atoms with Gasteiger partial charge < -0.3 is 16.2 Å². The fourth-order valence-electron chi connectivity index (χ4n) is 1.04. The number of nitrogen functional groups attached to an aromatic ring is 1. The van der Waals surface area contributed by atoms with Gasteiger partial charge in [-0.2, -0.15) is 0 Å². The molecule has 0 amide bonds. The van der Waals surface area contributed by atoms with E-state index in [2.05, 4.69) is 5.32 Å². The van der Waals surface area contributed by atoms with Crippen LogP contribution in [0.2, 0.25) is 0 Å². The van der Waals surface area contributed by atoms with E-state index in [1.54, 1.807) is 13.8 Å². The maximum Gasteiger partial charge on any atom is 0.125 e. The zero-order valence-corrected chi connectivity index (χ0v) is 8.34. The normalized spacial score (nSPS) is 11.4. The van der Waals surface area contributed by atoms with E-state index in [-0.39, 0.29) is 12.4 Å². The van der Waals surface area contributed by atoms with E-state index in [1.165, 1.54) is 18.2 Å². The number of halogens is 1. The van der Waals surface area contributed by atoms with Crippen LogP contribution in [-0.4, -0.2) is 17.3 Å². The van der Waals surface area contributed by atoms with Crippen LogP contribution in [-0.2, 0) is 0 Å². The Hall–Kier alpha value is -1.29. The molecule has 0 aliphatic rings. The lowest BCUT2D eigenvalue weighted by atomic mass is 10.1. The molecule has 0 unspecified atom stereocenters. The largest absolute Gasteiger partial charge is 0.397 e. The van der Waals surface area contributed by atoms with E-state index in [9.17, 15) is 4.39 Å². The van der Waals surface area contributed by atoms with E-state index in [4.69, 9.17) is 10.8 Å². The standard InChI is InChI=1S/C10H15FN2O/c1-10(2,6-14)13-9-5-7(11)3-4-8(9)12/h3-5,13-14H,6,12H2,1-2H3. The van der Waals surface area contributed by atoms with Crippen molar-refractivity contribution in [3.05, 3.63) is 24.0 Å². The van der Waals surface area contributed by atoms with Crippen LogP contribution in [0.1, 0.15) is 13.8 Å². The van der Waals surface area contributed by atoms with Crippen molar-refractivity contribution in [3.8, 4) is 0 Å². The molecule has 0 aromatic heterocycles. The number of hydrogen-bond acceptors (Lipinski definition) is 3. The number of aliphatic hydroxyl groups is 1. The molecule has 0 bridgehead atoms. The number of aliphatic hydroxyl groups excluding tert-OH is 1. The van der Waals surface area contributed by atoms with Gasteiger partial charge in [-0.1, -0.05) is 0 Å². The van der Waals surface area contributed by atoms with Crippen molar-refractivity contribution in [2.75, 3.05) is 17.7 Å². The molecule has 0 atom stereocenters. The Balaban J connectivity index is 2.91. The van der Waals surface area contributed by atoms with Crippen molar-refractivity contribution in [2.24, 2.45) is 0 Å². The second-order valence-corrected chi connectivity index (χ2v) is 3.90. The number of hydrogen-bond donors (Lipinski definition) is 3. The molecule has 4 heteroatoms. The first-order chi connectivity index (χ1) is 6.44. The quantitative estimate of drug-likeness (QED) is 0.646. The van der Waals surface area contributed by atoms with E-state index in [0.717, 1.165) is 0 Å². The van der Waals surface area contributed by atoms with Crippen LogP contribution in [0.15, 0.2) is 18.2 Å². The number of benzene rings is 1. The van der Waals surface area contributed by atoms with E-state index < -0.39 is 5.54 Å². The molecule has 0 saturated carbocycles. The summed E-state index contributed by atoms with van der Waals surface area (Å²) in [6.45, 7) is 3.55. The molecule has 1 rings (SSSR count). The fraction of sp³-hybridized carbons (Fsp3) is 0.400. The maximum absolute atomic E-state index is 12.9. The number of nitrogens with two attached hydrogens (primary N) is 1. The molecule has 0 spiro atoms. The Morgan fingerprint density at radius 3 is 2.71 bits per heavy atom. The Morgan fingerprint density at radius 1 is 1.50 bits per heavy atom. The van der Waals surface area contributed by atoms with Gasteiger partial charge in [-0.3, -0.25) is 0 Å². The SMILES string of the molecule is CC(C)(CO)Nc1cc(F)ccc1N. The van der Waals surface area contributed by atoms with Crippen LogP contribution in [0.4, 0.5) is 15.8 Å². The highest BCUT2D eigenvalue weighted by Crippen LogP contribution is 2.22. The molecule has 0 fully saturated rings. The highest BCUT2D eigenvalue weighted by atomic mass is 19.1. The minimum Gasteiger partial charge on any atom is -0.397 e. The van der Waals surface area contributed by atoms with Crippen LogP contribution in [0.3, 0.4) is 0 Å². The summed E-state index contributed by atoms with van der Waals surface area (Å²) in [5.41, 5.74) is 6.10. The van der Waals surface area contributed by atoms with Gasteiger partial charge in [0.25, 0.3) is 0 Å². The first kappa shape index (κ1) is 10.8. The summed E-state index contributed by atoms with van der Waals surface area (Å²) in [5.74, 6) is -0.351. The predicted molar refractivity (Wildman–Crippen MR) is 55.6 cm³/mol. The van der Waals surface area contributed by atoms with Crippen LogP contribution < -0.4 is 11.1 Å². The van der Waals surface area contributed by atoms with Crippen LogP contribution in [0.5, 0.6) is 0 Å². The summed E-state index contributed by atoms with van der Waals surface area (Å²) in [7, 11) is 0. The van der Waals surface area contributed by atoms with Crippen molar-refractivity contribution >= 4 is 11.4 Å². The average Bonchev–Trinajstić information content (AvgIpc) is 2.11. The lowest BCUT2D eigenvalue weighted by Crippen LogP contribution is -2.35. The topological polar surface area (TPSA) is 58.3 Å². The molecule has 0 aliphatic carbocycles. The summed E-state index contributed by atoms with van der Waals surface area (Å²) in [5, 5.41) is 12.0. The summed E-state index contributed by atoms with van der Waals surface area (Å²) in [6, 6.07) is 4.10. The zero-order chi connectivity index (χ0) is 10.8. The molecule has 0 aliphatic heterocycles. The average molecular weight is 198 g/mol. The molecule has 1 aromatic rings. The van der Waals surface area contributed by atoms with Gasteiger partial charge >= 0.3 is 0 Å². The highest BCUT2D eigenvalue weighted by molar-refractivity contribution is 5.66. The van der Waals surface area contributed by atoms with Crippen LogP contribution in [0, 0.1) is 5.82 Å². The van der Waals surface area contributed by atoms with Crippen LogP contribution in [0.25, 0.3) is 0 Å². The van der Waals surface area contributed by atoms with Crippen molar-refractivity contribution in [2.45, 2.75) is 19.4 Å². The predicted octanol–water partition coefficient (Wildman–Crippen LogP) is 1.59. The molecule has 1 aromatic carbocycles. The Kier molecular flexibility index (Phi) is 2.96. The second-order valence-electron chi connectivity index (χ2n) is 3.90. The smallest absolute Gasteiger partial charge is 0.125 e. The minimum absolute atomic E-state index is 0.0526. The van der Waals surface area contributed by atoms with Gasteiger partial charge in [0.05, 0.1) is 23.5 Å². The van der Waals surface area contributed by atoms with Gasteiger partial charge in [-0.05, 0) is 32.0 Å². The molecular weight excluding hydrogens is 183 g/mol. The lowest BCUT2D eigenvalue weighted by molar-refractivity contribution is 0.234. The van der Waals surface area contributed by atoms with Gasteiger partial charge in [-0.15, -0.1) is 0 Å². The van der Waals surface area contributed by atoms with Crippen LogP contribution >= 0.6 is 0 Å². The van der Waals surface area contributed by atoms with E-state index in [1.807, 2.05) is 0 Å². The van der Waals surface area contributed by atoms with Crippen molar-refractivity contribution < 1.29 is 9.50 Å². The molecule has 78 valence electrons. The van der Waals surface area contributed by atoms with Gasteiger partial charge in [0.2, 0.25) is 0 Å². The zero-order valence-electron chi connectivity index (χ0n) is 8.34. The van der Waals surface area contributed by atoms with Crippen molar-refractivity contribution in [3.63, 3.8) is 0 Å². The maximum atomic E-state index is 12.9. The number of nitrogens with one attached hydrogen (secondary N) is 1. The van der Waals surface area contributed by atoms with Gasteiger partial charge in [0.1, 0.15) is 5.82 Å². The van der Waals surface area contributed by atoms with Gasteiger partial charge in [0.15, 0.2) is 0 Å². The summed E-state index contributed by atoms with van der Waals surface area (Å²) >= 11 is 0. The van der Waals surface area contributed by atoms with E-state index in [0.29, 0.717) is 11.4 Å². The van der Waals surface area contributed by atoms with Gasteiger partial charge in [0, 0.05) is 0 Å². The third-order valence-electron chi connectivity index (χ3n) is 1.88. The Bertz CT molecular complexity index is 326. The van der Waals surface area contributed by atoms with Crippen molar-refractivity contribution in [1.82, 2.24) is 0 Å². The van der Waals surface area contributed by atoms with Crippen molar-refractivity contribution in [1.29, 1.82) is 0 Å². The number of anilines is 2. The van der Waals surface area contributed by atoms with E-state index >= 15 is 0 Å². The molecule has 0 heterocycles. The first-order valence-corrected chi connectivity index (χ1v) is 4.39. The first-order valence-electron chi connectivity index (χ1n) is 4.39. The molecular formula is C10H15FN2O. The molecule has 4 N–H and O–H groups in total. The molecule has 3 nitrogen and oxygen atoms in total. The number of rotatable bonds is 3. The second kappa shape index (κ2) is 3.84. The highest BCUT2D eigenvalue weighted by Gasteiger charge is 2.16. The Labute approximate surface area is 82.7 Å². The van der Waals surface area contributed by atoms with Gasteiger partial charge in [-0.25, -0.2) is 4.39 Å². The third kappa shape index (κ3) is 2.60. The minimum atomic E-state index is -0.512. The molecule has 0 saturated heterocycles. The summed E-state index contributed by atoms with van der Waals surface area (Å²) in [4.78, 5) is 0. The lowest BCUT2D eigenvalue weighted by Gasteiger charge is -2.25. The third-order valence-corrected chi connectivity index (χ3v) is 1.88. The molecule has 14 heavy (non-hydrogen) atoms. The Morgan fingerprint density at radius 2 is 2.14 bits per heavy atom. The molecule has 0 radical (unpaired) electrons.